The zero-order chi connectivity index (χ0) is 13.2. The molecular weight excluding hydrogens is 234 g/mol. The van der Waals surface area contributed by atoms with Crippen LogP contribution in [0.15, 0.2) is 54.7 Å². The Hall–Kier alpha value is -2.22. The van der Waals surface area contributed by atoms with E-state index in [1.807, 2.05) is 6.07 Å². The van der Waals surface area contributed by atoms with Gasteiger partial charge in [0.25, 0.3) is 0 Å². The maximum absolute atomic E-state index is 5.45. The van der Waals surface area contributed by atoms with Crippen LogP contribution in [0.2, 0.25) is 0 Å². The van der Waals surface area contributed by atoms with Crippen molar-refractivity contribution in [2.75, 3.05) is 7.11 Å². The summed E-state index contributed by atoms with van der Waals surface area (Å²) in [5, 5.41) is 1.27. The van der Waals surface area contributed by atoms with Gasteiger partial charge in [-0.25, -0.2) is 0 Å². The fraction of sp³-hybridized carbons (Fsp3) is 0.176. The van der Waals surface area contributed by atoms with Gasteiger partial charge in [-0.2, -0.15) is 0 Å². The van der Waals surface area contributed by atoms with E-state index < -0.39 is 0 Å². The molecule has 0 bridgehead atoms. The second-order valence-corrected chi connectivity index (χ2v) is 4.82. The van der Waals surface area contributed by atoms with E-state index in [9.17, 15) is 0 Å². The molecule has 2 aromatic carbocycles. The largest absolute Gasteiger partial charge is 0.496 e. The van der Waals surface area contributed by atoms with Gasteiger partial charge in [-0.1, -0.05) is 35.9 Å². The van der Waals surface area contributed by atoms with Crippen molar-refractivity contribution < 1.29 is 4.74 Å². The lowest BCUT2D eigenvalue weighted by Crippen LogP contribution is -2.01. The highest BCUT2D eigenvalue weighted by Crippen LogP contribution is 2.23. The molecule has 0 fully saturated rings. The Morgan fingerprint density at radius 3 is 2.74 bits per heavy atom. The van der Waals surface area contributed by atoms with Crippen LogP contribution in [-0.2, 0) is 6.54 Å². The Kier molecular flexibility index (Phi) is 3.00. The van der Waals surface area contributed by atoms with Gasteiger partial charge in [-0.05, 0) is 30.5 Å². The number of methoxy groups -OCH3 is 1. The predicted molar refractivity (Wildman–Crippen MR) is 78.8 cm³/mol. The average Bonchev–Trinajstić information content (AvgIpc) is 2.83. The summed E-state index contributed by atoms with van der Waals surface area (Å²) in [6.07, 6.45) is 2.13. The first kappa shape index (κ1) is 11.8. The molecule has 2 nitrogen and oxygen atoms in total. The van der Waals surface area contributed by atoms with E-state index in [0.29, 0.717) is 0 Å². The van der Waals surface area contributed by atoms with Crippen LogP contribution >= 0.6 is 0 Å². The zero-order valence-corrected chi connectivity index (χ0v) is 11.3. The van der Waals surface area contributed by atoms with Crippen LogP contribution in [0.1, 0.15) is 11.1 Å². The summed E-state index contributed by atoms with van der Waals surface area (Å²) in [7, 11) is 1.72. The van der Waals surface area contributed by atoms with Gasteiger partial charge in [-0.15, -0.1) is 0 Å². The van der Waals surface area contributed by atoms with Crippen molar-refractivity contribution in [2.45, 2.75) is 13.5 Å². The minimum Gasteiger partial charge on any atom is -0.496 e. The Balaban J connectivity index is 2.03. The molecule has 0 unspecified atom stereocenters. The minimum atomic E-state index is 0.832. The average molecular weight is 251 g/mol. The second-order valence-electron chi connectivity index (χ2n) is 4.82. The van der Waals surface area contributed by atoms with E-state index in [4.69, 9.17) is 4.74 Å². The monoisotopic (exact) mass is 251 g/mol. The molecule has 1 aromatic heterocycles. The summed E-state index contributed by atoms with van der Waals surface area (Å²) < 4.78 is 7.70. The molecule has 0 atom stereocenters. The number of aryl methyl sites for hydroxylation is 1. The highest BCUT2D eigenvalue weighted by atomic mass is 16.5. The first-order valence-corrected chi connectivity index (χ1v) is 6.45. The van der Waals surface area contributed by atoms with E-state index in [1.165, 1.54) is 22.0 Å². The van der Waals surface area contributed by atoms with Crippen molar-refractivity contribution in [3.05, 3.63) is 65.9 Å². The molecule has 0 saturated carbocycles. The lowest BCUT2D eigenvalue weighted by Gasteiger charge is -2.11. The van der Waals surface area contributed by atoms with Crippen LogP contribution in [0.5, 0.6) is 5.75 Å². The smallest absolute Gasteiger partial charge is 0.123 e. The Morgan fingerprint density at radius 2 is 1.89 bits per heavy atom. The van der Waals surface area contributed by atoms with Crippen LogP contribution < -0.4 is 4.74 Å². The molecule has 0 radical (unpaired) electrons. The van der Waals surface area contributed by atoms with Crippen molar-refractivity contribution in [1.82, 2.24) is 4.57 Å². The highest BCUT2D eigenvalue weighted by Gasteiger charge is 2.06. The van der Waals surface area contributed by atoms with Gasteiger partial charge in [-0.3, -0.25) is 0 Å². The zero-order valence-electron chi connectivity index (χ0n) is 11.3. The summed E-state index contributed by atoms with van der Waals surface area (Å²) in [6.45, 7) is 2.94. The van der Waals surface area contributed by atoms with E-state index in [2.05, 4.69) is 60.2 Å². The number of nitrogens with zero attached hydrogens (tertiary/aromatic N) is 1. The van der Waals surface area contributed by atoms with E-state index in [-0.39, 0.29) is 0 Å². The minimum absolute atomic E-state index is 0.832. The molecule has 2 heteroatoms. The molecule has 3 rings (SSSR count). The SMILES string of the molecule is COc1ccc(C)cc1Cn1ccc2ccccc21. The standard InChI is InChI=1S/C17H17NO/c1-13-7-8-17(19-2)15(11-13)12-18-10-9-14-5-3-4-6-16(14)18/h3-11H,12H2,1-2H3. The van der Waals surface area contributed by atoms with Crippen LogP contribution in [0.3, 0.4) is 0 Å². The van der Waals surface area contributed by atoms with E-state index in [0.717, 1.165) is 12.3 Å². The van der Waals surface area contributed by atoms with Crippen molar-refractivity contribution in [3.8, 4) is 5.75 Å². The number of para-hydroxylation sites is 1. The molecule has 0 aliphatic heterocycles. The van der Waals surface area contributed by atoms with Crippen LogP contribution in [0, 0.1) is 6.92 Å². The number of fused-ring (bicyclic) bond motifs is 1. The topological polar surface area (TPSA) is 14.2 Å². The van der Waals surface area contributed by atoms with Gasteiger partial charge in [0.2, 0.25) is 0 Å². The van der Waals surface area contributed by atoms with Crippen LogP contribution in [0.25, 0.3) is 10.9 Å². The summed E-state index contributed by atoms with van der Waals surface area (Å²) in [4.78, 5) is 0. The third-order valence-electron chi connectivity index (χ3n) is 3.46. The van der Waals surface area contributed by atoms with Gasteiger partial charge in [0.15, 0.2) is 0 Å². The maximum Gasteiger partial charge on any atom is 0.123 e. The summed E-state index contributed by atoms with van der Waals surface area (Å²) in [5.74, 6) is 0.948. The second kappa shape index (κ2) is 4.81. The van der Waals surface area contributed by atoms with Gasteiger partial charge in [0.05, 0.1) is 13.7 Å². The molecule has 0 aliphatic rings. The van der Waals surface area contributed by atoms with Crippen molar-refractivity contribution in [3.63, 3.8) is 0 Å². The quantitative estimate of drug-likeness (QED) is 0.686. The molecular formula is C17H17NO. The van der Waals surface area contributed by atoms with Crippen molar-refractivity contribution in [1.29, 1.82) is 0 Å². The van der Waals surface area contributed by atoms with Gasteiger partial charge < -0.3 is 9.30 Å². The first-order chi connectivity index (χ1) is 9.28. The fourth-order valence-corrected chi connectivity index (χ4v) is 2.49. The summed E-state index contributed by atoms with van der Waals surface area (Å²) in [5.41, 5.74) is 3.72. The number of benzene rings is 2. The molecule has 96 valence electrons. The van der Waals surface area contributed by atoms with Gasteiger partial charge in [0.1, 0.15) is 5.75 Å². The first-order valence-electron chi connectivity index (χ1n) is 6.45. The molecule has 0 saturated heterocycles. The normalized spacial score (nSPS) is 10.8. The van der Waals surface area contributed by atoms with Crippen LogP contribution in [0.4, 0.5) is 0 Å². The van der Waals surface area contributed by atoms with Crippen molar-refractivity contribution in [2.24, 2.45) is 0 Å². The summed E-state index contributed by atoms with van der Waals surface area (Å²) >= 11 is 0. The molecule has 0 amide bonds. The predicted octanol–water partition coefficient (Wildman–Crippen LogP) is 4.01. The fourth-order valence-electron chi connectivity index (χ4n) is 2.49. The Bertz CT molecular complexity index is 712. The lowest BCUT2D eigenvalue weighted by atomic mass is 10.1. The van der Waals surface area contributed by atoms with Crippen molar-refractivity contribution >= 4 is 10.9 Å². The molecule has 3 aromatic rings. The third-order valence-corrected chi connectivity index (χ3v) is 3.46. The number of hydrogen-bond donors (Lipinski definition) is 0. The molecule has 1 heterocycles. The molecule has 0 aliphatic carbocycles. The van der Waals surface area contributed by atoms with Crippen LogP contribution in [-0.4, -0.2) is 11.7 Å². The molecule has 0 N–H and O–H groups in total. The lowest BCUT2D eigenvalue weighted by molar-refractivity contribution is 0.408. The Labute approximate surface area is 113 Å². The molecule has 0 spiro atoms. The maximum atomic E-state index is 5.45. The summed E-state index contributed by atoms with van der Waals surface area (Å²) in [6, 6.07) is 16.9. The van der Waals surface area contributed by atoms with Gasteiger partial charge in [0, 0.05) is 17.3 Å². The highest BCUT2D eigenvalue weighted by molar-refractivity contribution is 5.80. The number of hydrogen-bond acceptors (Lipinski definition) is 1. The number of aromatic nitrogens is 1. The third kappa shape index (κ3) is 2.22. The van der Waals surface area contributed by atoms with E-state index in [1.54, 1.807) is 7.11 Å². The number of rotatable bonds is 3. The molecule has 19 heavy (non-hydrogen) atoms. The van der Waals surface area contributed by atoms with E-state index >= 15 is 0 Å². The van der Waals surface area contributed by atoms with Gasteiger partial charge >= 0.3 is 0 Å². The Morgan fingerprint density at radius 1 is 1.05 bits per heavy atom. The number of ether oxygens (including phenoxy) is 1.